The molecule has 2 aliphatic rings. The summed E-state index contributed by atoms with van der Waals surface area (Å²) in [5.41, 5.74) is 2.90. The molecule has 1 unspecified atom stereocenters. The Morgan fingerprint density at radius 3 is 1.71 bits per heavy atom. The smallest absolute Gasteiger partial charge is 0.235 e. The fourth-order valence-electron chi connectivity index (χ4n) is 4.24. The van der Waals surface area contributed by atoms with Gasteiger partial charge in [0.15, 0.2) is 0 Å². The van der Waals surface area contributed by atoms with Crippen molar-refractivity contribution >= 4 is 6.34 Å². The Bertz CT molecular complexity index is 622. The summed E-state index contributed by atoms with van der Waals surface area (Å²) < 4.78 is 2.54. The Morgan fingerprint density at radius 1 is 0.708 bits per heavy atom. The lowest BCUT2D eigenvalue weighted by atomic mass is 10.0. The Balaban J connectivity index is 1.67. The second-order valence-corrected chi connectivity index (χ2v) is 7.09. The van der Waals surface area contributed by atoms with Crippen molar-refractivity contribution in [3.8, 4) is 0 Å². The number of rotatable bonds is 3. The molecule has 0 spiro atoms. The number of hydrogen-bond donors (Lipinski definition) is 0. The van der Waals surface area contributed by atoms with E-state index in [1.807, 2.05) is 0 Å². The fraction of sp³-hybridized carbons (Fsp3) is 0.409. The number of piperidine rings is 1. The van der Waals surface area contributed by atoms with Gasteiger partial charge in [-0.1, -0.05) is 60.7 Å². The van der Waals surface area contributed by atoms with E-state index >= 15 is 0 Å². The third-order valence-electron chi connectivity index (χ3n) is 5.49. The van der Waals surface area contributed by atoms with Crippen molar-refractivity contribution in [3.05, 3.63) is 71.8 Å². The molecule has 2 atom stereocenters. The van der Waals surface area contributed by atoms with Gasteiger partial charge in [-0.2, -0.15) is 0 Å². The minimum atomic E-state index is 0.498. The average Bonchev–Trinajstić information content (AvgIpc) is 3.07. The zero-order valence-corrected chi connectivity index (χ0v) is 14.3. The topological polar surface area (TPSA) is 6.25 Å². The highest BCUT2D eigenvalue weighted by Crippen LogP contribution is 2.42. The molecule has 4 rings (SSSR count). The molecule has 2 aliphatic heterocycles. The van der Waals surface area contributed by atoms with Crippen LogP contribution in [-0.2, 0) is 0 Å². The van der Waals surface area contributed by atoms with Crippen molar-refractivity contribution in [3.63, 3.8) is 0 Å². The Labute approximate surface area is 145 Å². The standard InChI is InChI=1S/C22H27N2/c1-4-10-19(11-5-1)21-14-15-22(20-12-6-2-7-13-20)24(21)18-23-16-8-3-9-17-23/h1-2,4-7,10-13,18,21-22H,3,8-9,14-17H2/q+1/t21-,22?/m1/s1. The van der Waals surface area contributed by atoms with Crippen LogP contribution < -0.4 is 0 Å². The largest absolute Gasteiger partial charge is 0.268 e. The van der Waals surface area contributed by atoms with Gasteiger partial charge in [-0.3, -0.25) is 9.48 Å². The van der Waals surface area contributed by atoms with Gasteiger partial charge in [-0.05, 0) is 43.2 Å². The molecule has 2 aromatic rings. The third-order valence-corrected chi connectivity index (χ3v) is 5.49. The normalized spacial score (nSPS) is 24.2. The van der Waals surface area contributed by atoms with Crippen LogP contribution in [0.3, 0.4) is 0 Å². The molecule has 0 saturated carbocycles. The fourth-order valence-corrected chi connectivity index (χ4v) is 4.24. The van der Waals surface area contributed by atoms with Gasteiger partial charge in [0, 0.05) is 0 Å². The van der Waals surface area contributed by atoms with Crippen LogP contribution in [0.15, 0.2) is 60.7 Å². The molecule has 2 saturated heterocycles. The monoisotopic (exact) mass is 319 g/mol. The van der Waals surface area contributed by atoms with E-state index in [9.17, 15) is 0 Å². The lowest BCUT2D eigenvalue weighted by Crippen LogP contribution is -2.32. The van der Waals surface area contributed by atoms with Gasteiger partial charge in [0.1, 0.15) is 12.1 Å². The lowest BCUT2D eigenvalue weighted by molar-refractivity contribution is -0.537. The van der Waals surface area contributed by atoms with Crippen molar-refractivity contribution in [1.29, 1.82) is 0 Å². The van der Waals surface area contributed by atoms with Crippen LogP contribution in [0.25, 0.3) is 0 Å². The van der Waals surface area contributed by atoms with Crippen LogP contribution in [0.5, 0.6) is 0 Å². The molecule has 0 aliphatic carbocycles. The van der Waals surface area contributed by atoms with Crippen molar-refractivity contribution < 1.29 is 4.58 Å². The minimum Gasteiger partial charge on any atom is -0.268 e. The summed E-state index contributed by atoms with van der Waals surface area (Å²) in [7, 11) is 0. The molecule has 0 aromatic heterocycles. The van der Waals surface area contributed by atoms with E-state index in [1.54, 1.807) is 0 Å². The van der Waals surface area contributed by atoms with Gasteiger partial charge >= 0.3 is 0 Å². The zero-order valence-electron chi connectivity index (χ0n) is 14.3. The quantitative estimate of drug-likeness (QED) is 0.582. The second kappa shape index (κ2) is 7.21. The summed E-state index contributed by atoms with van der Waals surface area (Å²) in [5, 5.41) is 0. The zero-order chi connectivity index (χ0) is 16.2. The van der Waals surface area contributed by atoms with Crippen LogP contribution in [0.2, 0.25) is 0 Å². The molecule has 2 fully saturated rings. The van der Waals surface area contributed by atoms with Crippen LogP contribution in [-0.4, -0.2) is 28.9 Å². The highest BCUT2D eigenvalue weighted by atomic mass is 15.3. The van der Waals surface area contributed by atoms with Gasteiger partial charge in [0.25, 0.3) is 0 Å². The molecule has 0 N–H and O–H groups in total. The van der Waals surface area contributed by atoms with Gasteiger partial charge in [-0.15, -0.1) is 0 Å². The molecule has 2 heteroatoms. The first-order chi connectivity index (χ1) is 11.9. The van der Waals surface area contributed by atoms with Crippen LogP contribution in [0.4, 0.5) is 0 Å². The maximum absolute atomic E-state index is 2.63. The molecule has 2 nitrogen and oxygen atoms in total. The summed E-state index contributed by atoms with van der Waals surface area (Å²) in [5.74, 6) is 0. The first-order valence-electron chi connectivity index (χ1n) is 9.38. The van der Waals surface area contributed by atoms with Crippen molar-refractivity contribution in [2.75, 3.05) is 13.1 Å². The SMILES string of the molecule is C(N1C(c2ccccc2)CC[C@@H]1c1ccccc1)=[N+]1CCCCC1. The van der Waals surface area contributed by atoms with Gasteiger partial charge < -0.3 is 0 Å². The summed E-state index contributed by atoms with van der Waals surface area (Å²) in [6, 6.07) is 23.1. The van der Waals surface area contributed by atoms with Gasteiger partial charge in [-0.25, -0.2) is 0 Å². The lowest BCUT2D eigenvalue weighted by Gasteiger charge is -2.25. The Hall–Kier alpha value is -2.09. The van der Waals surface area contributed by atoms with Crippen molar-refractivity contribution in [1.82, 2.24) is 4.90 Å². The van der Waals surface area contributed by atoms with E-state index in [2.05, 4.69) is 76.5 Å². The maximum atomic E-state index is 2.63. The highest BCUT2D eigenvalue weighted by Gasteiger charge is 2.39. The van der Waals surface area contributed by atoms with Gasteiger partial charge in [0.05, 0.1) is 13.1 Å². The van der Waals surface area contributed by atoms with E-state index in [0.29, 0.717) is 12.1 Å². The second-order valence-electron chi connectivity index (χ2n) is 7.09. The minimum absolute atomic E-state index is 0.498. The molecule has 2 aromatic carbocycles. The van der Waals surface area contributed by atoms with Crippen molar-refractivity contribution in [2.45, 2.75) is 44.2 Å². The Morgan fingerprint density at radius 2 is 1.21 bits per heavy atom. The van der Waals surface area contributed by atoms with E-state index in [4.69, 9.17) is 0 Å². The predicted octanol–water partition coefficient (Wildman–Crippen LogP) is 4.79. The predicted molar refractivity (Wildman–Crippen MR) is 99.3 cm³/mol. The highest BCUT2D eigenvalue weighted by molar-refractivity contribution is 5.53. The molecule has 0 radical (unpaired) electrons. The molecule has 24 heavy (non-hydrogen) atoms. The Kier molecular flexibility index (Phi) is 4.64. The number of benzene rings is 2. The number of nitrogens with zero attached hydrogens (tertiary/aromatic N) is 2. The average molecular weight is 319 g/mol. The third kappa shape index (κ3) is 3.24. The van der Waals surface area contributed by atoms with Crippen LogP contribution in [0.1, 0.15) is 55.3 Å². The molecular weight excluding hydrogens is 292 g/mol. The maximum Gasteiger partial charge on any atom is 0.235 e. The first-order valence-corrected chi connectivity index (χ1v) is 9.38. The molecule has 0 amide bonds. The van der Waals surface area contributed by atoms with E-state index in [-0.39, 0.29) is 0 Å². The summed E-state index contributed by atoms with van der Waals surface area (Å²) >= 11 is 0. The molecule has 0 bridgehead atoms. The molecule has 124 valence electrons. The number of likely N-dealkylation sites (tertiary alicyclic amines) is 1. The summed E-state index contributed by atoms with van der Waals surface area (Å²) in [6.45, 7) is 2.42. The summed E-state index contributed by atoms with van der Waals surface area (Å²) in [4.78, 5) is 2.63. The van der Waals surface area contributed by atoms with Crippen LogP contribution in [0, 0.1) is 0 Å². The first kappa shape index (κ1) is 15.4. The van der Waals surface area contributed by atoms with E-state index in [0.717, 1.165) is 0 Å². The molecular formula is C22H27N2+. The molecule has 2 heterocycles. The number of hydrogen-bond acceptors (Lipinski definition) is 0. The van der Waals surface area contributed by atoms with Crippen molar-refractivity contribution in [2.24, 2.45) is 0 Å². The van der Waals surface area contributed by atoms with E-state index < -0.39 is 0 Å². The van der Waals surface area contributed by atoms with Gasteiger partial charge in [0.2, 0.25) is 6.34 Å². The van der Waals surface area contributed by atoms with Crippen LogP contribution >= 0.6 is 0 Å². The summed E-state index contributed by atoms with van der Waals surface area (Å²) in [6.07, 6.45) is 8.95. The van der Waals surface area contributed by atoms with E-state index in [1.165, 1.54) is 56.3 Å².